The van der Waals surface area contributed by atoms with Crippen molar-refractivity contribution in [2.45, 2.75) is 31.7 Å². The van der Waals surface area contributed by atoms with E-state index in [4.69, 9.17) is 5.73 Å². The molecular weight excluding hydrogens is 305 g/mol. The van der Waals surface area contributed by atoms with Crippen LogP contribution in [0.4, 0.5) is 4.39 Å². The maximum absolute atomic E-state index is 14.4. The van der Waals surface area contributed by atoms with E-state index in [2.05, 4.69) is 15.2 Å². The number of pyridine rings is 1. The maximum atomic E-state index is 14.4. The Labute approximate surface area is 139 Å². The minimum Gasteiger partial charge on any atom is -0.328 e. The number of benzene rings is 1. The quantitative estimate of drug-likeness (QED) is 0.804. The first-order valence-electron chi connectivity index (χ1n) is 8.02. The average Bonchev–Trinajstić information content (AvgIpc) is 2.97. The molecule has 24 heavy (non-hydrogen) atoms. The molecule has 1 fully saturated rings. The van der Waals surface area contributed by atoms with Crippen LogP contribution < -0.4 is 5.73 Å². The van der Waals surface area contributed by atoms with Crippen molar-refractivity contribution in [3.63, 3.8) is 0 Å². The highest BCUT2D eigenvalue weighted by atomic mass is 19.1. The molecule has 1 aromatic carbocycles. The number of aromatic nitrogens is 4. The van der Waals surface area contributed by atoms with Crippen LogP contribution in [0.2, 0.25) is 0 Å². The SMILES string of the molecule is Cc1ccc(-c2nnc(C3CC(N)C3)n2-c2ccccc2F)nc1. The lowest BCUT2D eigenvalue weighted by atomic mass is 9.80. The van der Waals surface area contributed by atoms with Crippen molar-refractivity contribution in [3.05, 3.63) is 59.8 Å². The molecular formula is C18H18FN5. The van der Waals surface area contributed by atoms with Gasteiger partial charge in [-0.25, -0.2) is 4.39 Å². The molecule has 0 unspecified atom stereocenters. The molecule has 2 N–H and O–H groups in total. The minimum absolute atomic E-state index is 0.182. The number of aryl methyl sites for hydroxylation is 1. The number of halogens is 1. The zero-order valence-electron chi connectivity index (χ0n) is 13.4. The van der Waals surface area contributed by atoms with E-state index in [1.807, 2.05) is 19.1 Å². The Morgan fingerprint density at radius 3 is 2.58 bits per heavy atom. The molecule has 5 nitrogen and oxygen atoms in total. The largest absolute Gasteiger partial charge is 0.328 e. The zero-order valence-corrected chi connectivity index (χ0v) is 13.4. The molecule has 1 saturated carbocycles. The van der Waals surface area contributed by atoms with E-state index < -0.39 is 0 Å². The molecule has 0 radical (unpaired) electrons. The van der Waals surface area contributed by atoms with Crippen molar-refractivity contribution in [2.24, 2.45) is 5.73 Å². The summed E-state index contributed by atoms with van der Waals surface area (Å²) in [7, 11) is 0. The van der Waals surface area contributed by atoms with E-state index in [9.17, 15) is 4.39 Å². The van der Waals surface area contributed by atoms with Gasteiger partial charge in [-0.3, -0.25) is 9.55 Å². The predicted molar refractivity (Wildman–Crippen MR) is 89.2 cm³/mol. The number of nitrogens with two attached hydrogens (primary N) is 1. The molecule has 122 valence electrons. The van der Waals surface area contributed by atoms with E-state index >= 15 is 0 Å². The number of hydrogen-bond acceptors (Lipinski definition) is 4. The van der Waals surface area contributed by atoms with Crippen molar-refractivity contribution in [1.29, 1.82) is 0 Å². The summed E-state index contributed by atoms with van der Waals surface area (Å²) >= 11 is 0. The number of nitrogens with zero attached hydrogens (tertiary/aromatic N) is 4. The fourth-order valence-electron chi connectivity index (χ4n) is 3.07. The normalized spacial score (nSPS) is 20.0. The Morgan fingerprint density at radius 2 is 1.92 bits per heavy atom. The van der Waals surface area contributed by atoms with Gasteiger partial charge < -0.3 is 5.73 Å². The summed E-state index contributed by atoms with van der Waals surface area (Å²) in [6.45, 7) is 1.97. The second kappa shape index (κ2) is 5.79. The fraction of sp³-hybridized carbons (Fsp3) is 0.278. The first-order valence-corrected chi connectivity index (χ1v) is 8.02. The lowest BCUT2D eigenvalue weighted by Gasteiger charge is -2.31. The Kier molecular flexibility index (Phi) is 3.61. The Morgan fingerprint density at radius 1 is 1.12 bits per heavy atom. The van der Waals surface area contributed by atoms with Crippen LogP contribution in [0.5, 0.6) is 0 Å². The molecule has 1 aliphatic rings. The third-order valence-electron chi connectivity index (χ3n) is 4.46. The van der Waals surface area contributed by atoms with Crippen molar-refractivity contribution >= 4 is 0 Å². The molecule has 0 atom stereocenters. The molecule has 6 heteroatoms. The molecule has 0 spiro atoms. The van der Waals surface area contributed by atoms with Gasteiger partial charge in [-0.1, -0.05) is 18.2 Å². The topological polar surface area (TPSA) is 69.6 Å². The minimum atomic E-state index is -0.310. The Bertz CT molecular complexity index is 865. The van der Waals surface area contributed by atoms with Crippen LogP contribution >= 0.6 is 0 Å². The first-order chi connectivity index (χ1) is 11.6. The van der Waals surface area contributed by atoms with Gasteiger partial charge >= 0.3 is 0 Å². The van der Waals surface area contributed by atoms with Gasteiger partial charge in [0, 0.05) is 18.2 Å². The molecule has 2 heterocycles. The molecule has 2 aromatic heterocycles. The van der Waals surface area contributed by atoms with E-state index in [1.54, 1.807) is 29.0 Å². The second-order valence-corrected chi connectivity index (χ2v) is 6.32. The second-order valence-electron chi connectivity index (χ2n) is 6.32. The fourth-order valence-corrected chi connectivity index (χ4v) is 3.07. The van der Waals surface area contributed by atoms with E-state index in [0.29, 0.717) is 17.2 Å². The molecule has 0 amide bonds. The zero-order chi connectivity index (χ0) is 16.7. The van der Waals surface area contributed by atoms with Gasteiger partial charge in [-0.15, -0.1) is 10.2 Å². The van der Waals surface area contributed by atoms with Crippen LogP contribution in [0, 0.1) is 12.7 Å². The van der Waals surface area contributed by atoms with E-state index in [0.717, 1.165) is 24.2 Å². The summed E-state index contributed by atoms with van der Waals surface area (Å²) in [6.07, 6.45) is 3.45. The Balaban J connectivity index is 1.88. The highest BCUT2D eigenvalue weighted by molar-refractivity contribution is 5.55. The summed E-state index contributed by atoms with van der Waals surface area (Å²) in [6, 6.07) is 10.7. The molecule has 1 aliphatic carbocycles. The Hall–Kier alpha value is -2.60. The van der Waals surface area contributed by atoms with Crippen LogP contribution in [-0.2, 0) is 0 Å². The molecule has 0 aliphatic heterocycles. The highest BCUT2D eigenvalue weighted by Crippen LogP contribution is 2.37. The third kappa shape index (κ3) is 2.49. The van der Waals surface area contributed by atoms with Crippen LogP contribution in [0.25, 0.3) is 17.2 Å². The summed E-state index contributed by atoms with van der Waals surface area (Å²) in [5, 5.41) is 8.64. The molecule has 0 saturated heterocycles. The maximum Gasteiger partial charge on any atom is 0.187 e. The average molecular weight is 323 g/mol. The van der Waals surface area contributed by atoms with Crippen molar-refractivity contribution in [3.8, 4) is 17.2 Å². The van der Waals surface area contributed by atoms with Gasteiger partial charge in [0.25, 0.3) is 0 Å². The van der Waals surface area contributed by atoms with Gasteiger partial charge in [-0.2, -0.15) is 0 Å². The van der Waals surface area contributed by atoms with Crippen molar-refractivity contribution in [2.75, 3.05) is 0 Å². The molecule has 3 aromatic rings. The van der Waals surface area contributed by atoms with Crippen LogP contribution in [0.3, 0.4) is 0 Å². The molecule has 4 rings (SSSR count). The van der Waals surface area contributed by atoms with E-state index in [1.165, 1.54) is 6.07 Å². The summed E-state index contributed by atoms with van der Waals surface area (Å²) < 4.78 is 16.2. The number of rotatable bonds is 3. The number of hydrogen-bond donors (Lipinski definition) is 1. The standard InChI is InChI=1S/C18H18FN5/c1-11-6-7-15(21-10-11)18-23-22-17(12-8-13(20)9-12)24(18)16-5-3-2-4-14(16)19/h2-7,10,12-13H,8-9,20H2,1H3. The molecule has 0 bridgehead atoms. The highest BCUT2D eigenvalue weighted by Gasteiger charge is 2.33. The summed E-state index contributed by atoms with van der Waals surface area (Å²) in [5.74, 6) is 1.19. The van der Waals surface area contributed by atoms with Crippen molar-refractivity contribution in [1.82, 2.24) is 19.7 Å². The van der Waals surface area contributed by atoms with Crippen LogP contribution in [0.1, 0.15) is 30.1 Å². The summed E-state index contributed by atoms with van der Waals surface area (Å²) in [5.41, 5.74) is 8.08. The van der Waals surface area contributed by atoms with Gasteiger partial charge in [-0.05, 0) is 43.5 Å². The van der Waals surface area contributed by atoms with Crippen LogP contribution in [0.15, 0.2) is 42.6 Å². The first kappa shape index (κ1) is 15.0. The monoisotopic (exact) mass is 323 g/mol. The van der Waals surface area contributed by atoms with Gasteiger partial charge in [0.2, 0.25) is 0 Å². The van der Waals surface area contributed by atoms with Gasteiger partial charge in [0.1, 0.15) is 17.3 Å². The smallest absolute Gasteiger partial charge is 0.187 e. The van der Waals surface area contributed by atoms with E-state index in [-0.39, 0.29) is 17.8 Å². The van der Waals surface area contributed by atoms with Crippen LogP contribution in [-0.4, -0.2) is 25.8 Å². The van der Waals surface area contributed by atoms with Crippen molar-refractivity contribution < 1.29 is 4.39 Å². The lowest BCUT2D eigenvalue weighted by molar-refractivity contribution is 0.334. The third-order valence-corrected chi connectivity index (χ3v) is 4.46. The summed E-state index contributed by atoms with van der Waals surface area (Å²) in [4.78, 5) is 4.43. The van der Waals surface area contributed by atoms with Gasteiger partial charge in [0.15, 0.2) is 5.82 Å². The van der Waals surface area contributed by atoms with Gasteiger partial charge in [0.05, 0.1) is 5.69 Å². The lowest BCUT2D eigenvalue weighted by Crippen LogP contribution is -2.36. The number of para-hydroxylation sites is 1. The predicted octanol–water partition coefficient (Wildman–Crippen LogP) is 2.98.